The van der Waals surface area contributed by atoms with Gasteiger partial charge in [0.05, 0.1) is 12.7 Å². The molecule has 0 unspecified atom stereocenters. The summed E-state index contributed by atoms with van der Waals surface area (Å²) in [6, 6.07) is 5.37. The molecule has 0 bridgehead atoms. The fourth-order valence-electron chi connectivity index (χ4n) is 1.59. The second kappa shape index (κ2) is 4.14. The second-order valence-electron chi connectivity index (χ2n) is 3.36. The average Bonchev–Trinajstić information content (AvgIpc) is 2.36. The average molecular weight is 213 g/mol. The Labute approximate surface area is 93.4 Å². The van der Waals surface area contributed by atoms with Gasteiger partial charge in [-0.1, -0.05) is 18.7 Å². The summed E-state index contributed by atoms with van der Waals surface area (Å²) >= 11 is 0. The van der Waals surface area contributed by atoms with Crippen LogP contribution in [-0.2, 0) is 4.74 Å². The molecule has 80 valence electrons. The molecule has 0 aliphatic rings. The van der Waals surface area contributed by atoms with Gasteiger partial charge in [0.1, 0.15) is 0 Å². The first-order valence-corrected chi connectivity index (χ1v) is 4.85. The molecule has 0 radical (unpaired) electrons. The standard InChI is InChI=1S/C13H11NO2/c1-3-9-7-14-8-11-5-4-10(6-12(9)11)13(15)16-2/h3-8H,1H2,2H3. The minimum atomic E-state index is -0.339. The highest BCUT2D eigenvalue weighted by atomic mass is 16.5. The number of esters is 1. The maximum atomic E-state index is 11.4. The number of fused-ring (bicyclic) bond motifs is 1. The number of hydrogen-bond donors (Lipinski definition) is 0. The molecule has 2 aromatic rings. The summed E-state index contributed by atoms with van der Waals surface area (Å²) in [5, 5.41) is 1.93. The topological polar surface area (TPSA) is 39.2 Å². The maximum Gasteiger partial charge on any atom is 0.337 e. The van der Waals surface area contributed by atoms with E-state index in [-0.39, 0.29) is 5.97 Å². The van der Waals surface area contributed by atoms with E-state index in [2.05, 4.69) is 16.3 Å². The summed E-state index contributed by atoms with van der Waals surface area (Å²) in [7, 11) is 1.37. The first-order valence-electron chi connectivity index (χ1n) is 4.85. The number of hydrogen-bond acceptors (Lipinski definition) is 3. The van der Waals surface area contributed by atoms with Gasteiger partial charge >= 0.3 is 5.97 Å². The lowest BCUT2D eigenvalue weighted by Crippen LogP contribution is -2.00. The van der Waals surface area contributed by atoms with Crippen molar-refractivity contribution >= 4 is 22.8 Å². The number of aromatic nitrogens is 1. The Morgan fingerprint density at radius 2 is 2.25 bits per heavy atom. The number of carbonyl (C=O) groups is 1. The molecule has 3 nitrogen and oxygen atoms in total. The van der Waals surface area contributed by atoms with Crippen LogP contribution in [0.4, 0.5) is 0 Å². The Bertz CT molecular complexity index is 561. The second-order valence-corrected chi connectivity index (χ2v) is 3.36. The highest BCUT2D eigenvalue weighted by Gasteiger charge is 2.07. The summed E-state index contributed by atoms with van der Waals surface area (Å²) < 4.78 is 4.68. The Balaban J connectivity index is 2.68. The van der Waals surface area contributed by atoms with Crippen molar-refractivity contribution in [2.24, 2.45) is 0 Å². The van der Waals surface area contributed by atoms with Crippen molar-refractivity contribution in [1.29, 1.82) is 0 Å². The lowest BCUT2D eigenvalue weighted by atomic mass is 10.0. The number of nitrogens with zero attached hydrogens (tertiary/aromatic N) is 1. The molecule has 0 aliphatic heterocycles. The molecule has 0 spiro atoms. The molecule has 2 rings (SSSR count). The van der Waals surface area contributed by atoms with E-state index in [4.69, 9.17) is 0 Å². The highest BCUT2D eigenvalue weighted by molar-refractivity contribution is 5.97. The number of ether oxygens (including phenoxy) is 1. The number of rotatable bonds is 2. The third-order valence-electron chi connectivity index (χ3n) is 2.43. The molecule has 0 amide bonds. The third-order valence-corrected chi connectivity index (χ3v) is 2.43. The van der Waals surface area contributed by atoms with Gasteiger partial charge in [0.15, 0.2) is 0 Å². The van der Waals surface area contributed by atoms with E-state index in [0.717, 1.165) is 16.3 Å². The zero-order valence-corrected chi connectivity index (χ0v) is 8.93. The van der Waals surface area contributed by atoms with Gasteiger partial charge < -0.3 is 4.74 Å². The van der Waals surface area contributed by atoms with Crippen LogP contribution in [0, 0.1) is 0 Å². The van der Waals surface area contributed by atoms with E-state index in [9.17, 15) is 4.79 Å². The SMILES string of the molecule is C=Cc1cncc2ccc(C(=O)OC)cc12. The summed E-state index contributed by atoms with van der Waals surface area (Å²) in [6.07, 6.45) is 5.19. The molecule has 16 heavy (non-hydrogen) atoms. The molecule has 0 saturated heterocycles. The van der Waals surface area contributed by atoms with E-state index in [1.165, 1.54) is 7.11 Å². The van der Waals surface area contributed by atoms with Crippen molar-refractivity contribution in [3.63, 3.8) is 0 Å². The minimum Gasteiger partial charge on any atom is -0.465 e. The number of benzene rings is 1. The molecule has 0 fully saturated rings. The van der Waals surface area contributed by atoms with Crippen LogP contribution >= 0.6 is 0 Å². The first kappa shape index (κ1) is 10.4. The predicted octanol–water partition coefficient (Wildman–Crippen LogP) is 2.66. The van der Waals surface area contributed by atoms with Crippen LogP contribution in [-0.4, -0.2) is 18.1 Å². The Morgan fingerprint density at radius 3 is 2.94 bits per heavy atom. The zero-order valence-electron chi connectivity index (χ0n) is 8.93. The number of methoxy groups -OCH3 is 1. The van der Waals surface area contributed by atoms with Crippen LogP contribution in [0.1, 0.15) is 15.9 Å². The summed E-state index contributed by atoms with van der Waals surface area (Å²) in [5.74, 6) is -0.339. The van der Waals surface area contributed by atoms with Crippen LogP contribution < -0.4 is 0 Å². The van der Waals surface area contributed by atoms with Crippen LogP contribution in [0.15, 0.2) is 37.2 Å². The van der Waals surface area contributed by atoms with Crippen molar-refractivity contribution in [2.75, 3.05) is 7.11 Å². The van der Waals surface area contributed by atoms with Gasteiger partial charge in [0.25, 0.3) is 0 Å². The molecule has 1 aromatic carbocycles. The lowest BCUT2D eigenvalue weighted by Gasteiger charge is -2.04. The van der Waals surface area contributed by atoms with Crippen molar-refractivity contribution in [1.82, 2.24) is 4.98 Å². The molecule has 1 aromatic heterocycles. The fraction of sp³-hybridized carbons (Fsp3) is 0.0769. The van der Waals surface area contributed by atoms with Crippen molar-refractivity contribution < 1.29 is 9.53 Å². The van der Waals surface area contributed by atoms with E-state index in [0.29, 0.717) is 5.56 Å². The Morgan fingerprint density at radius 1 is 1.44 bits per heavy atom. The van der Waals surface area contributed by atoms with Gasteiger partial charge in [-0.2, -0.15) is 0 Å². The van der Waals surface area contributed by atoms with Gasteiger partial charge in [0, 0.05) is 23.3 Å². The summed E-state index contributed by atoms with van der Waals surface area (Å²) in [6.45, 7) is 3.72. The molecule has 0 saturated carbocycles. The lowest BCUT2D eigenvalue weighted by molar-refractivity contribution is 0.0601. The Hall–Kier alpha value is -2.16. The molecule has 0 N–H and O–H groups in total. The summed E-state index contributed by atoms with van der Waals surface area (Å²) in [5.41, 5.74) is 1.44. The van der Waals surface area contributed by atoms with Gasteiger partial charge in [-0.25, -0.2) is 4.79 Å². The zero-order chi connectivity index (χ0) is 11.5. The fourth-order valence-corrected chi connectivity index (χ4v) is 1.59. The van der Waals surface area contributed by atoms with Crippen molar-refractivity contribution in [3.05, 3.63) is 48.3 Å². The van der Waals surface area contributed by atoms with Crippen molar-refractivity contribution in [3.8, 4) is 0 Å². The van der Waals surface area contributed by atoms with Crippen LogP contribution in [0.2, 0.25) is 0 Å². The molecular weight excluding hydrogens is 202 g/mol. The van der Waals surface area contributed by atoms with E-state index in [1.54, 1.807) is 30.6 Å². The van der Waals surface area contributed by atoms with Gasteiger partial charge in [-0.05, 0) is 17.5 Å². The minimum absolute atomic E-state index is 0.339. The number of pyridine rings is 1. The highest BCUT2D eigenvalue weighted by Crippen LogP contribution is 2.20. The molecule has 0 atom stereocenters. The van der Waals surface area contributed by atoms with Crippen molar-refractivity contribution in [2.45, 2.75) is 0 Å². The van der Waals surface area contributed by atoms with Crippen LogP contribution in [0.3, 0.4) is 0 Å². The molecule has 3 heteroatoms. The molecular formula is C13H11NO2. The monoisotopic (exact) mass is 213 g/mol. The predicted molar refractivity (Wildman–Crippen MR) is 63.2 cm³/mol. The molecule has 1 heterocycles. The van der Waals surface area contributed by atoms with Gasteiger partial charge in [-0.15, -0.1) is 0 Å². The normalized spacial score (nSPS) is 10.1. The van der Waals surface area contributed by atoms with Gasteiger partial charge in [0.2, 0.25) is 0 Å². The largest absolute Gasteiger partial charge is 0.465 e. The van der Waals surface area contributed by atoms with E-state index in [1.807, 2.05) is 6.07 Å². The van der Waals surface area contributed by atoms with E-state index < -0.39 is 0 Å². The first-order chi connectivity index (χ1) is 7.76. The quantitative estimate of drug-likeness (QED) is 0.720. The molecule has 0 aliphatic carbocycles. The Kier molecular flexibility index (Phi) is 2.68. The number of carbonyl (C=O) groups excluding carboxylic acids is 1. The van der Waals surface area contributed by atoms with E-state index >= 15 is 0 Å². The summed E-state index contributed by atoms with van der Waals surface area (Å²) in [4.78, 5) is 15.5. The van der Waals surface area contributed by atoms with Gasteiger partial charge in [-0.3, -0.25) is 4.98 Å². The van der Waals surface area contributed by atoms with Crippen LogP contribution in [0.5, 0.6) is 0 Å². The van der Waals surface area contributed by atoms with Crippen LogP contribution in [0.25, 0.3) is 16.8 Å². The maximum absolute atomic E-state index is 11.4. The third kappa shape index (κ3) is 1.67. The smallest absolute Gasteiger partial charge is 0.337 e.